The summed E-state index contributed by atoms with van der Waals surface area (Å²) in [6.07, 6.45) is 10.8. The van der Waals surface area contributed by atoms with E-state index in [1.165, 1.54) is 77.0 Å². The molecule has 0 heterocycles. The van der Waals surface area contributed by atoms with Crippen molar-refractivity contribution in [1.82, 2.24) is 0 Å². The molecule has 23 heteroatoms. The number of aliphatic hydroxyl groups is 3. The van der Waals surface area contributed by atoms with Gasteiger partial charge < -0.3 is 55.0 Å². The summed E-state index contributed by atoms with van der Waals surface area (Å²) in [5.74, 6) is -1.30. The van der Waals surface area contributed by atoms with E-state index in [4.69, 9.17) is 24.3 Å². The zero-order valence-electron chi connectivity index (χ0n) is 37.2. The third kappa shape index (κ3) is 30.9. The maximum Gasteiger partial charge on any atom is 0.472 e. The van der Waals surface area contributed by atoms with Crippen LogP contribution in [-0.4, -0.2) is 114 Å². The van der Waals surface area contributed by atoms with Crippen LogP contribution >= 0.6 is 23.5 Å². The smallest absolute Gasteiger partial charge is 0.462 e. The Labute approximate surface area is 373 Å². The van der Waals surface area contributed by atoms with E-state index in [1.54, 1.807) is 0 Å². The van der Waals surface area contributed by atoms with Gasteiger partial charge in [-0.05, 0) is 25.8 Å². The van der Waals surface area contributed by atoms with Crippen LogP contribution in [0.5, 0.6) is 0 Å². The van der Waals surface area contributed by atoms with E-state index >= 15 is 0 Å². The van der Waals surface area contributed by atoms with Crippen LogP contribution in [0.25, 0.3) is 0 Å². The lowest BCUT2D eigenvalue weighted by Crippen LogP contribution is -2.65. The molecule has 10 N–H and O–H groups in total. The minimum absolute atomic E-state index is 0.00143. The highest BCUT2D eigenvalue weighted by molar-refractivity contribution is 7.47. The lowest BCUT2D eigenvalue weighted by molar-refractivity contribution is -0.213. The van der Waals surface area contributed by atoms with E-state index in [-0.39, 0.29) is 12.8 Å². The molecule has 1 rings (SSSR count). The second-order valence-corrected chi connectivity index (χ2v) is 20.3. The van der Waals surface area contributed by atoms with Gasteiger partial charge in [0.25, 0.3) is 0 Å². The van der Waals surface area contributed by atoms with Crippen molar-refractivity contribution in [2.24, 2.45) is 5.73 Å². The minimum Gasteiger partial charge on any atom is -0.462 e. The Morgan fingerprint density at radius 1 is 0.492 bits per heavy atom. The lowest BCUT2D eigenvalue weighted by atomic mass is 9.85. The van der Waals surface area contributed by atoms with Crippen molar-refractivity contribution >= 4 is 35.4 Å². The number of phosphoric ester groups is 3. The standard InChI is InChI=1S/C40H80NO19P3/c1-2-3-4-5-6-7-8-9-13-16-19-22-25-28-34(43)57-32(30-55-33(42)27-24-21-18-15-12-10-11-14-17-20-23-26-29-41)31-56-63(53,54)60-38-35(44)36(45)39(58-61(47,48)49)40(37(38)46)59-62(50,51)52/h32,35-40,44-46H,2-31,41H2,1H3,(H,53,54)(H2,47,48,49)(H2,50,51,52)/t32-,35+,36-,37?,38?,39?,40+/m0/s1. The molecule has 1 saturated carbocycles. The Kier molecular flexibility index (Phi) is 32.8. The second-order valence-electron chi connectivity index (χ2n) is 16.5. The first kappa shape index (κ1) is 60.1. The third-order valence-electron chi connectivity index (χ3n) is 10.8. The predicted octanol–water partition coefficient (Wildman–Crippen LogP) is 6.51. The predicted molar refractivity (Wildman–Crippen MR) is 233 cm³/mol. The minimum atomic E-state index is -5.60. The fraction of sp³-hybridized carbons (Fsp3) is 0.950. The van der Waals surface area contributed by atoms with Crippen LogP contribution < -0.4 is 5.73 Å². The van der Waals surface area contributed by atoms with Gasteiger partial charge in [-0.15, -0.1) is 0 Å². The molecule has 0 aliphatic heterocycles. The van der Waals surface area contributed by atoms with Crippen molar-refractivity contribution in [3.63, 3.8) is 0 Å². The molecule has 0 spiro atoms. The fourth-order valence-electron chi connectivity index (χ4n) is 7.30. The Morgan fingerprint density at radius 2 is 0.857 bits per heavy atom. The van der Waals surface area contributed by atoms with Gasteiger partial charge in [-0.2, -0.15) is 0 Å². The van der Waals surface area contributed by atoms with Gasteiger partial charge in [-0.25, -0.2) is 13.7 Å². The van der Waals surface area contributed by atoms with E-state index < -0.39 is 91.3 Å². The number of aliphatic hydroxyl groups excluding tert-OH is 3. The van der Waals surface area contributed by atoms with Crippen molar-refractivity contribution < 1.29 is 90.6 Å². The maximum absolute atomic E-state index is 13.1. The molecule has 20 nitrogen and oxygen atoms in total. The van der Waals surface area contributed by atoms with E-state index in [1.807, 2.05) is 0 Å². The molecule has 0 amide bonds. The summed E-state index contributed by atoms with van der Waals surface area (Å²) in [5.41, 5.74) is 5.53. The number of hydrogen-bond acceptors (Lipinski definition) is 15. The van der Waals surface area contributed by atoms with Crippen LogP contribution in [0.2, 0.25) is 0 Å². The van der Waals surface area contributed by atoms with Crippen molar-refractivity contribution in [2.45, 2.75) is 223 Å². The molecule has 1 fully saturated rings. The van der Waals surface area contributed by atoms with Gasteiger partial charge in [0.15, 0.2) is 6.10 Å². The average molecular weight is 972 g/mol. The summed E-state index contributed by atoms with van der Waals surface area (Å²) in [6, 6.07) is 0. The quantitative estimate of drug-likeness (QED) is 0.0179. The largest absolute Gasteiger partial charge is 0.472 e. The second kappa shape index (κ2) is 34.4. The van der Waals surface area contributed by atoms with Crippen molar-refractivity contribution in [3.8, 4) is 0 Å². The summed E-state index contributed by atoms with van der Waals surface area (Å²) in [7, 11) is -16.6. The fourth-order valence-corrected chi connectivity index (χ4v) is 9.40. The first-order valence-corrected chi connectivity index (χ1v) is 27.6. The lowest BCUT2D eigenvalue weighted by Gasteiger charge is -2.44. The van der Waals surface area contributed by atoms with Crippen molar-refractivity contribution in [1.29, 1.82) is 0 Å². The molecule has 0 radical (unpaired) electrons. The van der Waals surface area contributed by atoms with Crippen LogP contribution in [-0.2, 0) is 50.9 Å². The number of rotatable bonds is 40. The monoisotopic (exact) mass is 971 g/mol. The number of ether oxygens (including phenoxy) is 2. The summed E-state index contributed by atoms with van der Waals surface area (Å²) < 4.78 is 65.4. The third-order valence-corrected chi connectivity index (χ3v) is 12.8. The summed E-state index contributed by atoms with van der Waals surface area (Å²) in [6.45, 7) is 1.46. The normalized spacial score (nSPS) is 22.1. The van der Waals surface area contributed by atoms with Crippen LogP contribution in [0, 0.1) is 0 Å². The Morgan fingerprint density at radius 3 is 1.27 bits per heavy atom. The van der Waals surface area contributed by atoms with Crippen LogP contribution in [0.15, 0.2) is 0 Å². The van der Waals surface area contributed by atoms with Gasteiger partial charge in [-0.1, -0.05) is 148 Å². The molecule has 374 valence electrons. The highest BCUT2D eigenvalue weighted by Crippen LogP contribution is 2.51. The number of phosphoric acid groups is 3. The number of hydrogen-bond donors (Lipinski definition) is 9. The Bertz CT molecular complexity index is 1350. The van der Waals surface area contributed by atoms with E-state index in [0.717, 1.165) is 77.2 Å². The Balaban J connectivity index is 2.74. The van der Waals surface area contributed by atoms with E-state index in [2.05, 4.69) is 16.0 Å². The van der Waals surface area contributed by atoms with Crippen molar-refractivity contribution in [2.75, 3.05) is 19.8 Å². The summed E-state index contributed by atoms with van der Waals surface area (Å²) in [4.78, 5) is 73.0. The number of carbonyl (C=O) groups excluding carboxylic acids is 2. The van der Waals surface area contributed by atoms with Crippen LogP contribution in [0.4, 0.5) is 0 Å². The molecule has 1 aliphatic carbocycles. The van der Waals surface area contributed by atoms with Gasteiger partial charge >= 0.3 is 35.4 Å². The van der Waals surface area contributed by atoms with Gasteiger partial charge in [0, 0.05) is 12.8 Å². The average Bonchev–Trinajstić information content (AvgIpc) is 3.20. The molecular formula is C40H80NO19P3. The van der Waals surface area contributed by atoms with Gasteiger partial charge in [-0.3, -0.25) is 27.7 Å². The number of esters is 2. The molecule has 0 saturated heterocycles. The van der Waals surface area contributed by atoms with E-state index in [0.29, 0.717) is 12.8 Å². The van der Waals surface area contributed by atoms with Gasteiger partial charge in [0.05, 0.1) is 6.61 Å². The molecule has 0 bridgehead atoms. The molecule has 4 unspecified atom stereocenters. The summed E-state index contributed by atoms with van der Waals surface area (Å²) in [5, 5.41) is 31.8. The SMILES string of the molecule is CCCCCCCCCCCCCCCC(=O)O[C@@H](COC(=O)CCCCCCCCCCCCCCN)COP(=O)(O)OC1C(O)[C@@H](OP(=O)(O)O)C(OP(=O)(O)O)[C@@H](O)[C@H]1O. The van der Waals surface area contributed by atoms with Crippen molar-refractivity contribution in [3.05, 3.63) is 0 Å². The molecular weight excluding hydrogens is 891 g/mol. The van der Waals surface area contributed by atoms with Gasteiger partial charge in [0.2, 0.25) is 0 Å². The molecule has 0 aromatic carbocycles. The topological polar surface area (TPSA) is 329 Å². The summed E-state index contributed by atoms with van der Waals surface area (Å²) >= 11 is 0. The zero-order chi connectivity index (χ0) is 47.2. The number of unbranched alkanes of at least 4 members (excludes halogenated alkanes) is 23. The first-order chi connectivity index (χ1) is 29.8. The highest BCUT2D eigenvalue weighted by atomic mass is 31.2. The molecule has 0 aromatic heterocycles. The number of nitrogens with two attached hydrogens (primary N) is 1. The number of carbonyl (C=O) groups is 2. The van der Waals surface area contributed by atoms with Crippen LogP contribution in [0.3, 0.4) is 0 Å². The van der Waals surface area contributed by atoms with E-state index in [9.17, 15) is 63.1 Å². The zero-order valence-corrected chi connectivity index (χ0v) is 39.9. The van der Waals surface area contributed by atoms with Gasteiger partial charge in [0.1, 0.15) is 43.2 Å². The highest BCUT2D eigenvalue weighted by Gasteiger charge is 2.56. The van der Waals surface area contributed by atoms with Crippen LogP contribution in [0.1, 0.15) is 180 Å². The first-order valence-electron chi connectivity index (χ1n) is 23.0. The molecule has 63 heavy (non-hydrogen) atoms. The maximum atomic E-state index is 13.1. The molecule has 0 aromatic rings. The molecule has 1 aliphatic rings. The molecule has 8 atom stereocenters. The Hall–Kier alpha value is -0.890.